The van der Waals surface area contributed by atoms with Crippen LogP contribution in [0.3, 0.4) is 0 Å². The summed E-state index contributed by atoms with van der Waals surface area (Å²) in [7, 11) is 1.52. The Morgan fingerprint density at radius 2 is 2.29 bits per heavy atom. The molecule has 0 atom stereocenters. The van der Waals surface area contributed by atoms with Crippen LogP contribution in [-0.4, -0.2) is 18.7 Å². The fourth-order valence-corrected chi connectivity index (χ4v) is 1.23. The first kappa shape index (κ1) is 8.87. The number of methoxy groups -OCH3 is 1. The highest BCUT2D eigenvalue weighted by atomic mass is 16.6. The van der Waals surface area contributed by atoms with Crippen LogP contribution in [0.15, 0.2) is 22.6 Å². The highest BCUT2D eigenvalue weighted by molar-refractivity contribution is 5.74. The van der Waals surface area contributed by atoms with E-state index in [9.17, 15) is 0 Å². The number of fused-ring (bicyclic) bond motifs is 1. The molecule has 4 nitrogen and oxygen atoms in total. The number of rotatable bonds is 3. The summed E-state index contributed by atoms with van der Waals surface area (Å²) >= 11 is 0. The molecule has 0 aliphatic heterocycles. The minimum atomic E-state index is 0.272. The first-order valence-corrected chi connectivity index (χ1v) is 4.41. The van der Waals surface area contributed by atoms with Gasteiger partial charge in [-0.05, 0) is 19.1 Å². The Labute approximate surface area is 81.4 Å². The zero-order chi connectivity index (χ0) is 9.97. The van der Waals surface area contributed by atoms with Crippen LogP contribution in [0.1, 0.15) is 6.92 Å². The highest BCUT2D eigenvalue weighted by Gasteiger charge is 2.06. The molecule has 0 amide bonds. The third kappa shape index (κ3) is 1.51. The Balaban J connectivity index is 2.43. The van der Waals surface area contributed by atoms with Crippen molar-refractivity contribution in [1.29, 1.82) is 0 Å². The molecular weight excluding hydrogens is 182 g/mol. The molecule has 0 saturated heterocycles. The number of nitrogens with zero attached hydrogens (tertiary/aromatic N) is 1. The van der Waals surface area contributed by atoms with Crippen LogP contribution in [0.5, 0.6) is 11.8 Å². The van der Waals surface area contributed by atoms with Crippen molar-refractivity contribution in [1.82, 2.24) is 4.98 Å². The SMILES string of the molecule is CCOc1ccc2oc(OC)nc2c1. The summed E-state index contributed by atoms with van der Waals surface area (Å²) in [6.07, 6.45) is 0.272. The fourth-order valence-electron chi connectivity index (χ4n) is 1.23. The van der Waals surface area contributed by atoms with Crippen LogP contribution in [0.25, 0.3) is 11.1 Å². The third-order valence-corrected chi connectivity index (χ3v) is 1.83. The molecule has 0 bridgehead atoms. The minimum absolute atomic E-state index is 0.272. The molecule has 0 unspecified atom stereocenters. The van der Waals surface area contributed by atoms with E-state index in [1.54, 1.807) is 0 Å². The normalized spacial score (nSPS) is 10.4. The Bertz CT molecular complexity index is 436. The van der Waals surface area contributed by atoms with Gasteiger partial charge in [0, 0.05) is 6.07 Å². The van der Waals surface area contributed by atoms with E-state index in [-0.39, 0.29) is 6.08 Å². The second-order valence-corrected chi connectivity index (χ2v) is 2.75. The molecule has 0 N–H and O–H groups in total. The monoisotopic (exact) mass is 193 g/mol. The van der Waals surface area contributed by atoms with E-state index >= 15 is 0 Å². The van der Waals surface area contributed by atoms with Crippen LogP contribution < -0.4 is 9.47 Å². The van der Waals surface area contributed by atoms with E-state index < -0.39 is 0 Å². The molecule has 0 radical (unpaired) electrons. The van der Waals surface area contributed by atoms with Gasteiger partial charge in [0.15, 0.2) is 5.58 Å². The van der Waals surface area contributed by atoms with Crippen molar-refractivity contribution in [3.8, 4) is 11.8 Å². The largest absolute Gasteiger partial charge is 0.494 e. The van der Waals surface area contributed by atoms with E-state index in [1.807, 2.05) is 25.1 Å². The van der Waals surface area contributed by atoms with Crippen LogP contribution in [0, 0.1) is 0 Å². The lowest BCUT2D eigenvalue weighted by atomic mass is 10.3. The first-order chi connectivity index (χ1) is 6.83. The van der Waals surface area contributed by atoms with Crippen molar-refractivity contribution in [3.05, 3.63) is 18.2 Å². The quantitative estimate of drug-likeness (QED) is 0.749. The lowest BCUT2D eigenvalue weighted by Crippen LogP contribution is -1.90. The lowest BCUT2D eigenvalue weighted by Gasteiger charge is -2.00. The van der Waals surface area contributed by atoms with Crippen LogP contribution in [0.4, 0.5) is 0 Å². The van der Waals surface area contributed by atoms with E-state index in [0.717, 1.165) is 11.3 Å². The number of ether oxygens (including phenoxy) is 2. The maximum Gasteiger partial charge on any atom is 0.394 e. The number of hydrogen-bond donors (Lipinski definition) is 0. The van der Waals surface area contributed by atoms with E-state index in [4.69, 9.17) is 13.9 Å². The predicted octanol–water partition coefficient (Wildman–Crippen LogP) is 2.24. The molecule has 0 aliphatic rings. The smallest absolute Gasteiger partial charge is 0.394 e. The van der Waals surface area contributed by atoms with E-state index in [0.29, 0.717) is 12.2 Å². The van der Waals surface area contributed by atoms with Gasteiger partial charge in [-0.2, -0.15) is 4.98 Å². The van der Waals surface area contributed by atoms with Crippen LogP contribution in [-0.2, 0) is 0 Å². The molecule has 1 aromatic carbocycles. The molecule has 2 rings (SSSR count). The van der Waals surface area contributed by atoms with Crippen molar-refractivity contribution in [3.63, 3.8) is 0 Å². The molecule has 2 aromatic rings. The Morgan fingerprint density at radius 3 is 3.00 bits per heavy atom. The first-order valence-electron chi connectivity index (χ1n) is 4.41. The summed E-state index contributed by atoms with van der Waals surface area (Å²) in [4.78, 5) is 4.11. The average Bonchev–Trinajstić information content (AvgIpc) is 2.60. The summed E-state index contributed by atoms with van der Waals surface area (Å²) in [5.41, 5.74) is 1.44. The highest BCUT2D eigenvalue weighted by Crippen LogP contribution is 2.24. The summed E-state index contributed by atoms with van der Waals surface area (Å²) in [6, 6.07) is 5.48. The van der Waals surface area contributed by atoms with Crippen molar-refractivity contribution in [2.75, 3.05) is 13.7 Å². The summed E-state index contributed by atoms with van der Waals surface area (Å²) in [5, 5.41) is 0. The molecule has 0 spiro atoms. The molecule has 1 aromatic heterocycles. The minimum Gasteiger partial charge on any atom is -0.494 e. The van der Waals surface area contributed by atoms with Crippen molar-refractivity contribution >= 4 is 11.1 Å². The zero-order valence-electron chi connectivity index (χ0n) is 8.11. The Hall–Kier alpha value is -1.71. The standard InChI is InChI=1S/C10H11NO3/c1-3-13-7-4-5-9-8(6-7)11-10(12-2)14-9/h4-6H,3H2,1-2H3. The van der Waals surface area contributed by atoms with E-state index in [2.05, 4.69) is 4.98 Å². The third-order valence-electron chi connectivity index (χ3n) is 1.83. The van der Waals surface area contributed by atoms with Gasteiger partial charge in [-0.1, -0.05) is 0 Å². The lowest BCUT2D eigenvalue weighted by molar-refractivity contribution is 0.299. The van der Waals surface area contributed by atoms with Gasteiger partial charge in [0.25, 0.3) is 0 Å². The zero-order valence-corrected chi connectivity index (χ0v) is 8.11. The molecule has 74 valence electrons. The number of hydrogen-bond acceptors (Lipinski definition) is 4. The maximum atomic E-state index is 5.33. The van der Waals surface area contributed by atoms with Gasteiger partial charge in [-0.3, -0.25) is 0 Å². The second-order valence-electron chi connectivity index (χ2n) is 2.75. The van der Waals surface area contributed by atoms with E-state index in [1.165, 1.54) is 7.11 Å². The van der Waals surface area contributed by atoms with Crippen LogP contribution >= 0.6 is 0 Å². The van der Waals surface area contributed by atoms with Crippen molar-refractivity contribution < 1.29 is 13.9 Å². The van der Waals surface area contributed by atoms with Crippen LogP contribution in [0.2, 0.25) is 0 Å². The van der Waals surface area contributed by atoms with Gasteiger partial charge >= 0.3 is 6.08 Å². The van der Waals surface area contributed by atoms with Gasteiger partial charge < -0.3 is 13.9 Å². The second kappa shape index (κ2) is 3.57. The number of oxazole rings is 1. The Morgan fingerprint density at radius 1 is 1.43 bits per heavy atom. The Kier molecular flexibility index (Phi) is 2.26. The predicted molar refractivity (Wildman–Crippen MR) is 51.7 cm³/mol. The van der Waals surface area contributed by atoms with Gasteiger partial charge in [0.05, 0.1) is 13.7 Å². The molecule has 0 saturated carbocycles. The summed E-state index contributed by atoms with van der Waals surface area (Å²) in [6.45, 7) is 2.58. The van der Waals surface area contributed by atoms with Gasteiger partial charge in [0.1, 0.15) is 11.3 Å². The fraction of sp³-hybridized carbons (Fsp3) is 0.300. The molecule has 14 heavy (non-hydrogen) atoms. The number of aromatic nitrogens is 1. The number of benzene rings is 1. The average molecular weight is 193 g/mol. The van der Waals surface area contributed by atoms with Crippen molar-refractivity contribution in [2.45, 2.75) is 6.92 Å². The summed E-state index contributed by atoms with van der Waals surface area (Å²) in [5.74, 6) is 0.788. The molecule has 0 fully saturated rings. The molecule has 1 heterocycles. The van der Waals surface area contributed by atoms with Gasteiger partial charge in [-0.15, -0.1) is 0 Å². The maximum absolute atomic E-state index is 5.33. The van der Waals surface area contributed by atoms with Gasteiger partial charge in [-0.25, -0.2) is 0 Å². The molecular formula is C10H11NO3. The topological polar surface area (TPSA) is 44.5 Å². The van der Waals surface area contributed by atoms with Crippen molar-refractivity contribution in [2.24, 2.45) is 0 Å². The molecule has 0 aliphatic carbocycles. The molecule has 4 heteroatoms. The van der Waals surface area contributed by atoms with Gasteiger partial charge in [0.2, 0.25) is 0 Å². The summed E-state index contributed by atoms with van der Waals surface area (Å²) < 4.78 is 15.5.